The van der Waals surface area contributed by atoms with Gasteiger partial charge in [0.25, 0.3) is 0 Å². The van der Waals surface area contributed by atoms with Crippen LogP contribution >= 0.6 is 0 Å². The lowest BCUT2D eigenvalue weighted by atomic mass is 10.0. The van der Waals surface area contributed by atoms with Crippen molar-refractivity contribution >= 4 is 21.6 Å². The molecular formula is C23H28FN5O3S. The second kappa shape index (κ2) is 8.93. The second-order valence-electron chi connectivity index (χ2n) is 8.28. The van der Waals surface area contributed by atoms with Gasteiger partial charge in [0, 0.05) is 26.3 Å². The average Bonchev–Trinajstić information content (AvgIpc) is 3.31. The molecule has 33 heavy (non-hydrogen) atoms. The molecule has 0 radical (unpaired) electrons. The minimum Gasteiger partial charge on any atom is -0.331 e. The minimum absolute atomic E-state index is 0. The van der Waals surface area contributed by atoms with E-state index in [1.807, 2.05) is 13.8 Å². The predicted octanol–water partition coefficient (Wildman–Crippen LogP) is 4.06. The van der Waals surface area contributed by atoms with Gasteiger partial charge >= 0.3 is 6.03 Å². The summed E-state index contributed by atoms with van der Waals surface area (Å²) in [5.74, 6) is -0.325. The monoisotopic (exact) mass is 473 g/mol. The Morgan fingerprint density at radius 2 is 2.03 bits per heavy atom. The molecule has 2 aromatic heterocycles. The van der Waals surface area contributed by atoms with E-state index in [0.29, 0.717) is 24.1 Å². The number of carbonyl (C=O) groups is 1. The number of anilines is 1. The maximum absolute atomic E-state index is 13.3. The van der Waals surface area contributed by atoms with Crippen LogP contribution in [0.1, 0.15) is 45.4 Å². The zero-order chi connectivity index (χ0) is 23.8. The van der Waals surface area contributed by atoms with Crippen LogP contribution in [0.15, 0.2) is 53.8 Å². The quantitative estimate of drug-likeness (QED) is 0.582. The third-order valence-electron chi connectivity index (χ3n) is 5.74. The first-order chi connectivity index (χ1) is 15.7. The number of aromatic nitrogens is 3. The van der Waals surface area contributed by atoms with Crippen LogP contribution < -0.4 is 10.2 Å². The molecule has 0 spiro atoms. The van der Waals surface area contributed by atoms with Gasteiger partial charge in [-0.1, -0.05) is 13.3 Å². The van der Waals surface area contributed by atoms with Crippen LogP contribution in [0.5, 0.6) is 0 Å². The van der Waals surface area contributed by atoms with E-state index in [-0.39, 0.29) is 30.4 Å². The average molecular weight is 474 g/mol. The van der Waals surface area contributed by atoms with Gasteiger partial charge in [-0.25, -0.2) is 27.3 Å². The smallest absolute Gasteiger partial charge is 0.322 e. The number of amides is 2. The second-order valence-corrected chi connectivity index (χ2v) is 10.2. The molecule has 10 heteroatoms. The lowest BCUT2D eigenvalue weighted by Gasteiger charge is -2.26. The Morgan fingerprint density at radius 1 is 1.30 bits per heavy atom. The highest BCUT2D eigenvalue weighted by molar-refractivity contribution is 7.90. The molecule has 0 aliphatic carbocycles. The zero-order valence-corrected chi connectivity index (χ0v) is 19.5. The predicted molar refractivity (Wildman–Crippen MR) is 125 cm³/mol. The van der Waals surface area contributed by atoms with E-state index in [4.69, 9.17) is 0 Å². The molecule has 1 N–H and O–H groups in total. The molecule has 2 amide bonds. The highest BCUT2D eigenvalue weighted by Crippen LogP contribution is 2.34. The number of pyridine rings is 1. The molecular weight excluding hydrogens is 445 g/mol. The highest BCUT2D eigenvalue weighted by Gasteiger charge is 2.35. The number of sulfone groups is 1. The number of halogens is 1. The van der Waals surface area contributed by atoms with E-state index in [2.05, 4.69) is 15.4 Å². The number of hydrogen-bond donors (Lipinski definition) is 1. The van der Waals surface area contributed by atoms with Gasteiger partial charge in [-0.3, -0.25) is 4.90 Å². The van der Waals surface area contributed by atoms with Crippen molar-refractivity contribution in [3.8, 4) is 5.69 Å². The van der Waals surface area contributed by atoms with Crippen molar-refractivity contribution < 1.29 is 19.0 Å². The Hall–Kier alpha value is -3.27. The summed E-state index contributed by atoms with van der Waals surface area (Å²) in [6.45, 7) is 3.96. The number of urea groups is 1. The van der Waals surface area contributed by atoms with Gasteiger partial charge < -0.3 is 5.32 Å². The third kappa shape index (κ3) is 4.61. The number of nitrogens with one attached hydrogen (secondary N) is 1. The maximum atomic E-state index is 13.3. The van der Waals surface area contributed by atoms with Crippen LogP contribution in [0.4, 0.5) is 14.9 Å². The van der Waals surface area contributed by atoms with Gasteiger partial charge in [0.15, 0.2) is 14.9 Å². The number of benzene rings is 1. The molecule has 0 saturated heterocycles. The summed E-state index contributed by atoms with van der Waals surface area (Å²) in [7, 11) is -3.46. The summed E-state index contributed by atoms with van der Waals surface area (Å²) < 4.78 is 38.9. The Kier molecular flexibility index (Phi) is 6.20. The summed E-state index contributed by atoms with van der Waals surface area (Å²) in [6.07, 6.45) is 6.24. The van der Waals surface area contributed by atoms with E-state index < -0.39 is 9.84 Å². The molecule has 2 atom stereocenters. The van der Waals surface area contributed by atoms with Crippen molar-refractivity contribution in [3.05, 3.63) is 65.9 Å². The summed E-state index contributed by atoms with van der Waals surface area (Å²) in [4.78, 5) is 19.0. The molecule has 1 aromatic carbocycles. The Balaban J connectivity index is 0.00000324. The van der Waals surface area contributed by atoms with E-state index in [0.717, 1.165) is 24.1 Å². The number of fused-ring (bicyclic) bond motifs is 1. The normalized spacial score (nSPS) is 16.5. The number of rotatable bonds is 6. The third-order valence-corrected chi connectivity index (χ3v) is 6.73. The van der Waals surface area contributed by atoms with Crippen LogP contribution in [0.3, 0.4) is 0 Å². The van der Waals surface area contributed by atoms with Crippen molar-refractivity contribution in [1.82, 2.24) is 20.1 Å². The standard InChI is InChI=1S/C23H26FN5O3S.H2/c1-4-5-19(16-10-11-25-22(13-16)33(3,31)32)27-23(30)28-15(2)12-20-21(28)14-26-29(20)18-8-6-17(24)7-9-18;/h6-11,13-15,19H,4-5,12H2,1-3H3,(H,27,30);1H/t15?,19-;/m0./s1. The van der Waals surface area contributed by atoms with Crippen LogP contribution in [0.2, 0.25) is 0 Å². The first-order valence-electron chi connectivity index (χ1n) is 10.8. The number of nitrogens with zero attached hydrogens (tertiary/aromatic N) is 4. The lowest BCUT2D eigenvalue weighted by molar-refractivity contribution is 0.240. The molecule has 4 rings (SSSR count). The molecule has 1 aliphatic heterocycles. The Labute approximate surface area is 193 Å². The molecule has 8 nitrogen and oxygen atoms in total. The number of carbonyl (C=O) groups excluding carboxylic acids is 1. The fraction of sp³-hybridized carbons (Fsp3) is 0.348. The number of hydrogen-bond acceptors (Lipinski definition) is 5. The molecule has 3 aromatic rings. The van der Waals surface area contributed by atoms with E-state index in [1.165, 1.54) is 24.4 Å². The topological polar surface area (TPSA) is 97.2 Å². The van der Waals surface area contributed by atoms with Gasteiger partial charge in [-0.15, -0.1) is 0 Å². The van der Waals surface area contributed by atoms with Crippen molar-refractivity contribution in [2.75, 3.05) is 11.2 Å². The van der Waals surface area contributed by atoms with Gasteiger partial charge in [-0.2, -0.15) is 5.10 Å². The van der Waals surface area contributed by atoms with Crippen molar-refractivity contribution in [1.29, 1.82) is 0 Å². The summed E-state index contributed by atoms with van der Waals surface area (Å²) in [5.41, 5.74) is 2.99. The highest BCUT2D eigenvalue weighted by atomic mass is 32.2. The molecule has 1 aliphatic rings. The van der Waals surface area contributed by atoms with Gasteiger partial charge in [0.05, 0.1) is 29.3 Å². The molecule has 0 bridgehead atoms. The minimum atomic E-state index is -3.46. The van der Waals surface area contributed by atoms with Crippen molar-refractivity contribution in [2.24, 2.45) is 0 Å². The van der Waals surface area contributed by atoms with Crippen LogP contribution in [-0.4, -0.2) is 41.5 Å². The summed E-state index contributed by atoms with van der Waals surface area (Å²) in [6, 6.07) is 8.54. The Morgan fingerprint density at radius 3 is 2.70 bits per heavy atom. The first kappa shape index (κ1) is 22.9. The van der Waals surface area contributed by atoms with Crippen LogP contribution in [-0.2, 0) is 16.3 Å². The molecule has 1 unspecified atom stereocenters. The summed E-state index contributed by atoms with van der Waals surface area (Å²) >= 11 is 0. The van der Waals surface area contributed by atoms with Crippen LogP contribution in [0.25, 0.3) is 5.69 Å². The fourth-order valence-corrected chi connectivity index (χ4v) is 4.76. The lowest BCUT2D eigenvalue weighted by Crippen LogP contribution is -2.44. The van der Waals surface area contributed by atoms with Crippen LogP contribution in [0, 0.1) is 5.82 Å². The molecule has 176 valence electrons. The largest absolute Gasteiger partial charge is 0.331 e. The first-order valence-corrected chi connectivity index (χ1v) is 12.7. The SMILES string of the molecule is CCC[C@H](NC(=O)N1c2cnn(-c3ccc(F)cc3)c2CC1C)c1ccnc(S(C)(=O)=O)c1.[HH]. The molecule has 0 saturated carbocycles. The molecule has 0 fully saturated rings. The summed E-state index contributed by atoms with van der Waals surface area (Å²) in [5, 5.41) is 7.45. The van der Waals surface area contributed by atoms with Gasteiger partial charge in [-0.05, 0) is 55.3 Å². The Bertz CT molecular complexity index is 1280. The fourth-order valence-electron chi connectivity index (χ4n) is 4.15. The van der Waals surface area contributed by atoms with E-state index in [1.54, 1.807) is 34.0 Å². The molecule has 3 heterocycles. The van der Waals surface area contributed by atoms with Crippen molar-refractivity contribution in [3.63, 3.8) is 0 Å². The van der Waals surface area contributed by atoms with E-state index >= 15 is 0 Å². The zero-order valence-electron chi connectivity index (χ0n) is 18.7. The van der Waals surface area contributed by atoms with Gasteiger partial charge in [0.1, 0.15) is 5.82 Å². The maximum Gasteiger partial charge on any atom is 0.322 e. The van der Waals surface area contributed by atoms with Gasteiger partial charge in [0.2, 0.25) is 0 Å². The van der Waals surface area contributed by atoms with Crippen molar-refractivity contribution in [2.45, 2.75) is 50.2 Å². The van der Waals surface area contributed by atoms with E-state index in [9.17, 15) is 17.6 Å².